The maximum Gasteiger partial charge on any atom is 0.475 e. The molecule has 2 saturated heterocycles. The van der Waals surface area contributed by atoms with Crippen LogP contribution in [-0.4, -0.2) is 179 Å². The zero-order valence-electron chi connectivity index (χ0n) is 37.3. The lowest BCUT2D eigenvalue weighted by Gasteiger charge is -2.45. The average molecular weight is 994 g/mol. The van der Waals surface area contributed by atoms with Crippen molar-refractivity contribution in [3.63, 3.8) is 0 Å². The molecule has 3 heterocycles. The van der Waals surface area contributed by atoms with Crippen molar-refractivity contribution in [2.45, 2.75) is 114 Å². The largest absolute Gasteiger partial charge is 0.479 e. The van der Waals surface area contributed by atoms with Crippen molar-refractivity contribution in [1.29, 1.82) is 0 Å². The van der Waals surface area contributed by atoms with Gasteiger partial charge in [0.15, 0.2) is 18.6 Å². The average Bonchev–Trinajstić information content (AvgIpc) is 3.54. The molecule has 1 aromatic heterocycles. The van der Waals surface area contributed by atoms with Gasteiger partial charge in [-0.2, -0.15) is 4.98 Å². The lowest BCUT2D eigenvalue weighted by molar-refractivity contribution is -0.278. The third-order valence-electron chi connectivity index (χ3n) is 10.8. The van der Waals surface area contributed by atoms with Crippen LogP contribution in [0.5, 0.6) is 0 Å². The molecule has 0 aliphatic carbocycles. The van der Waals surface area contributed by atoms with E-state index in [0.29, 0.717) is 5.56 Å². The van der Waals surface area contributed by atoms with Crippen LogP contribution in [0.1, 0.15) is 56.3 Å². The molecule has 2 amide bonds. The van der Waals surface area contributed by atoms with Crippen LogP contribution in [0.25, 0.3) is 0 Å². The number of rotatable bonds is 26. The SMILES string of the molecule is CC(=O)NC1C(N[C@H](O)CNCc2ccc(C(=O)NCCOC(OC(C(=O)O)[C@H](C)C(C)C)[C@@H](O)CO)cc2)O[C@](OP(=O)(O)OCC2OC(n3ccc(N)nc3=O)C(O)C2O)(C(=O)O)C[C@@H]1O. The van der Waals surface area contributed by atoms with E-state index in [9.17, 15) is 74.3 Å². The molecule has 382 valence electrons. The Balaban J connectivity index is 1.31. The topological polar surface area (TPSA) is 432 Å². The fraction of sp³-hybridized carbons (Fsp3) is 0.641. The summed E-state index contributed by atoms with van der Waals surface area (Å²) in [4.78, 5) is 75.7. The second-order valence-electron chi connectivity index (χ2n) is 16.3. The number of aliphatic hydroxyl groups excluding tert-OH is 6. The van der Waals surface area contributed by atoms with Crippen molar-refractivity contribution >= 4 is 37.4 Å². The molecule has 0 saturated carbocycles. The van der Waals surface area contributed by atoms with Crippen LogP contribution in [0, 0.1) is 11.8 Å². The molecular formula is C39H60N7O21P. The summed E-state index contributed by atoms with van der Waals surface area (Å²) in [5, 5.41) is 92.7. The van der Waals surface area contributed by atoms with Crippen LogP contribution < -0.4 is 32.7 Å². The summed E-state index contributed by atoms with van der Waals surface area (Å²) >= 11 is 0. The molecule has 2 aromatic rings. The Morgan fingerprint density at radius 2 is 1.74 bits per heavy atom. The minimum Gasteiger partial charge on any atom is -0.479 e. The number of aliphatic carboxylic acids is 2. The summed E-state index contributed by atoms with van der Waals surface area (Å²) in [7, 11) is -5.56. The number of carbonyl (C=O) groups excluding carboxylic acids is 2. The summed E-state index contributed by atoms with van der Waals surface area (Å²) in [5.74, 6) is -8.40. The Bertz CT molecular complexity index is 2120. The summed E-state index contributed by atoms with van der Waals surface area (Å²) in [6.45, 7) is 4.06. The number of phosphoric ester groups is 1. The van der Waals surface area contributed by atoms with E-state index in [1.54, 1.807) is 32.9 Å². The fourth-order valence-electron chi connectivity index (χ4n) is 6.85. The number of nitrogens with two attached hydrogens (primary N) is 1. The number of ether oxygens (including phenoxy) is 4. The minimum absolute atomic E-state index is 0.0805. The van der Waals surface area contributed by atoms with Crippen LogP contribution >= 0.6 is 7.82 Å². The van der Waals surface area contributed by atoms with Crippen LogP contribution in [-0.2, 0) is 53.5 Å². The van der Waals surface area contributed by atoms with E-state index >= 15 is 0 Å². The first kappa shape index (κ1) is 56.0. The normalized spacial score (nSPS) is 27.1. The second-order valence-corrected chi connectivity index (χ2v) is 17.7. The predicted octanol–water partition coefficient (Wildman–Crippen LogP) is -4.14. The Kier molecular flexibility index (Phi) is 20.4. The number of benzene rings is 1. The number of nitrogens with zero attached hydrogens (tertiary/aromatic N) is 2. The van der Waals surface area contributed by atoms with Crippen LogP contribution in [0.4, 0.5) is 5.82 Å². The number of carboxylic acid groups (broad SMARTS) is 2. The number of anilines is 1. The quantitative estimate of drug-likeness (QED) is 0.0242. The van der Waals surface area contributed by atoms with Crippen molar-refractivity contribution in [3.8, 4) is 0 Å². The summed E-state index contributed by atoms with van der Waals surface area (Å²) < 4.78 is 45.9. The number of amides is 2. The highest BCUT2D eigenvalue weighted by atomic mass is 31.2. The summed E-state index contributed by atoms with van der Waals surface area (Å²) in [5.41, 5.74) is 5.37. The van der Waals surface area contributed by atoms with E-state index in [-0.39, 0.29) is 43.5 Å². The van der Waals surface area contributed by atoms with Crippen LogP contribution in [0.2, 0.25) is 0 Å². The molecule has 9 unspecified atom stereocenters. The molecule has 2 fully saturated rings. The zero-order valence-corrected chi connectivity index (χ0v) is 38.2. The first-order chi connectivity index (χ1) is 31.9. The lowest BCUT2D eigenvalue weighted by Crippen LogP contribution is -2.68. The molecule has 1 aromatic carbocycles. The number of carboxylic acids is 2. The standard InChI is InChI=1S/C39H60N7O21P/c1-18(2)19(3)31(35(55)56)65-36(24(50)16-47)62-12-10-42-32(54)22-7-5-21(6-8-22)14-41-15-27(51)45-33-28(43-20(4)48)23(49)13-39(66-33,37(57)58)67-68(60,61)63-17-25-29(52)30(53)34(64-25)46-11-9-26(40)44-38(46)59/h5-9,11,18-19,23-25,27-31,33-34,36,41,45,47,49-53H,10,12-17H2,1-4H3,(H,42,54)(H,43,48)(H,55,56)(H,57,58)(H,60,61)(H2,40,44,59)/t19-,23+,24+,25?,27-,28?,29?,30?,31?,33?,34?,36?,39-/m1/s1. The van der Waals surface area contributed by atoms with Crippen molar-refractivity contribution in [2.75, 3.05) is 38.6 Å². The van der Waals surface area contributed by atoms with Gasteiger partial charge in [0.1, 0.15) is 42.7 Å². The zero-order chi connectivity index (χ0) is 50.7. The molecule has 4 rings (SSSR count). The van der Waals surface area contributed by atoms with E-state index in [4.69, 9.17) is 33.7 Å². The number of hydrogen-bond donors (Lipinski definition) is 14. The molecule has 29 heteroatoms. The molecular weight excluding hydrogens is 933 g/mol. The van der Waals surface area contributed by atoms with Gasteiger partial charge < -0.3 is 86.4 Å². The van der Waals surface area contributed by atoms with Gasteiger partial charge in [0.05, 0.1) is 32.0 Å². The van der Waals surface area contributed by atoms with Crippen molar-refractivity contribution < 1.29 is 97.5 Å². The molecule has 0 spiro atoms. The van der Waals surface area contributed by atoms with Gasteiger partial charge in [0.2, 0.25) is 5.91 Å². The smallest absolute Gasteiger partial charge is 0.475 e. The molecule has 14 atom stereocenters. The maximum absolute atomic E-state index is 13.2. The van der Waals surface area contributed by atoms with Gasteiger partial charge in [-0.3, -0.25) is 24.0 Å². The Morgan fingerprint density at radius 1 is 1.06 bits per heavy atom. The van der Waals surface area contributed by atoms with Crippen LogP contribution in [0.3, 0.4) is 0 Å². The minimum atomic E-state index is -5.56. The number of nitrogens with one attached hydrogen (secondary N) is 4. The van der Waals surface area contributed by atoms with E-state index in [1.807, 2.05) is 0 Å². The van der Waals surface area contributed by atoms with Gasteiger partial charge in [0.25, 0.3) is 11.7 Å². The highest BCUT2D eigenvalue weighted by molar-refractivity contribution is 7.47. The number of nitrogen functional groups attached to an aromatic ring is 1. The van der Waals surface area contributed by atoms with Crippen molar-refractivity contribution in [2.24, 2.45) is 11.8 Å². The predicted molar refractivity (Wildman–Crippen MR) is 228 cm³/mol. The number of aliphatic hydroxyl groups is 6. The molecule has 28 nitrogen and oxygen atoms in total. The molecule has 2 aliphatic rings. The molecule has 68 heavy (non-hydrogen) atoms. The highest BCUT2D eigenvalue weighted by Gasteiger charge is 2.57. The van der Waals surface area contributed by atoms with Gasteiger partial charge in [-0.1, -0.05) is 32.9 Å². The Hall–Kier alpha value is -4.59. The van der Waals surface area contributed by atoms with Gasteiger partial charge in [-0.25, -0.2) is 23.5 Å². The van der Waals surface area contributed by atoms with E-state index in [2.05, 4.69) is 26.3 Å². The van der Waals surface area contributed by atoms with Crippen molar-refractivity contribution in [1.82, 2.24) is 30.8 Å². The Morgan fingerprint density at radius 3 is 2.32 bits per heavy atom. The molecule has 15 N–H and O–H groups in total. The van der Waals surface area contributed by atoms with Gasteiger partial charge in [-0.15, -0.1) is 0 Å². The summed E-state index contributed by atoms with van der Waals surface area (Å²) in [6.07, 6.45) is -16.3. The van der Waals surface area contributed by atoms with Gasteiger partial charge in [-0.05, 0) is 35.6 Å². The number of hydrogen-bond acceptors (Lipinski definition) is 22. The number of carbonyl (C=O) groups is 4. The third-order valence-corrected chi connectivity index (χ3v) is 11.8. The second kappa shape index (κ2) is 24.8. The van der Waals surface area contributed by atoms with Crippen molar-refractivity contribution in [3.05, 3.63) is 58.1 Å². The first-order valence-electron chi connectivity index (χ1n) is 21.1. The summed E-state index contributed by atoms with van der Waals surface area (Å²) in [6, 6.07) is 5.89. The maximum atomic E-state index is 13.2. The van der Waals surface area contributed by atoms with E-state index in [1.165, 1.54) is 18.2 Å². The monoisotopic (exact) mass is 993 g/mol. The highest BCUT2D eigenvalue weighted by Crippen LogP contribution is 2.51. The fourth-order valence-corrected chi connectivity index (χ4v) is 7.81. The first-order valence-corrected chi connectivity index (χ1v) is 22.6. The number of aromatic nitrogens is 2. The Labute approximate surface area is 387 Å². The van der Waals surface area contributed by atoms with Gasteiger partial charge >= 0.3 is 25.5 Å². The molecule has 2 aliphatic heterocycles. The third kappa shape index (κ3) is 15.2. The lowest BCUT2D eigenvalue weighted by atomic mass is 9.92. The molecule has 0 bridgehead atoms. The molecule has 0 radical (unpaired) electrons. The van der Waals surface area contributed by atoms with E-state index < -0.39 is 136 Å². The van der Waals surface area contributed by atoms with Crippen LogP contribution in [0.15, 0.2) is 41.3 Å². The number of phosphoric acid groups is 1. The van der Waals surface area contributed by atoms with E-state index in [0.717, 1.165) is 17.7 Å². The van der Waals surface area contributed by atoms with Gasteiger partial charge in [0, 0.05) is 44.7 Å².